The minimum absolute atomic E-state index is 0.0158. The van der Waals surface area contributed by atoms with E-state index in [9.17, 15) is 14.0 Å². The zero-order valence-corrected chi connectivity index (χ0v) is 16.7. The van der Waals surface area contributed by atoms with Gasteiger partial charge in [0.2, 0.25) is 0 Å². The topological polar surface area (TPSA) is 75.0 Å². The van der Waals surface area contributed by atoms with Crippen LogP contribution in [0.3, 0.4) is 0 Å². The summed E-state index contributed by atoms with van der Waals surface area (Å²) < 4.78 is 19.1. The number of hydrogen-bond acceptors (Lipinski definition) is 3. The number of aromatic nitrogens is 2. The summed E-state index contributed by atoms with van der Waals surface area (Å²) in [5.74, 6) is 0.343. The van der Waals surface area contributed by atoms with Gasteiger partial charge in [-0.05, 0) is 48.6 Å². The third-order valence-electron chi connectivity index (χ3n) is 5.62. The molecule has 0 amide bonds. The molecule has 0 radical (unpaired) electrons. The standard InChI is InChI=1S/C24H23FN2O3/c1-30-21-12-11-18(25)14-19(21)16-7-9-17(10-8-16)22-20(23(28)27-24(29)26-22)13-15-5-3-2-4-6-15/h2-7,11-12,14,17H,8-10,13H2,1H3,(H2,26,27,28,29). The number of ether oxygens (including phenoxy) is 1. The lowest BCUT2D eigenvalue weighted by Crippen LogP contribution is -2.30. The number of benzene rings is 2. The van der Waals surface area contributed by atoms with Crippen molar-refractivity contribution in [2.45, 2.75) is 31.6 Å². The first-order valence-corrected chi connectivity index (χ1v) is 9.97. The quantitative estimate of drug-likeness (QED) is 0.668. The number of nitrogens with one attached hydrogen (secondary N) is 2. The second-order valence-corrected chi connectivity index (χ2v) is 7.51. The molecule has 3 aromatic rings. The zero-order valence-electron chi connectivity index (χ0n) is 16.7. The van der Waals surface area contributed by atoms with Crippen LogP contribution in [0, 0.1) is 5.82 Å². The van der Waals surface area contributed by atoms with Gasteiger partial charge in [0.25, 0.3) is 5.56 Å². The molecule has 1 aliphatic carbocycles. The average Bonchev–Trinajstić information content (AvgIpc) is 2.76. The van der Waals surface area contributed by atoms with Crippen LogP contribution >= 0.6 is 0 Å². The summed E-state index contributed by atoms with van der Waals surface area (Å²) >= 11 is 0. The van der Waals surface area contributed by atoms with E-state index in [4.69, 9.17) is 4.74 Å². The molecule has 30 heavy (non-hydrogen) atoms. The molecule has 0 fully saturated rings. The molecule has 2 aromatic carbocycles. The first kappa shape index (κ1) is 19.9. The lowest BCUT2D eigenvalue weighted by atomic mass is 9.82. The first-order valence-electron chi connectivity index (χ1n) is 9.97. The number of halogens is 1. The molecule has 1 aliphatic rings. The normalized spacial score (nSPS) is 16.2. The van der Waals surface area contributed by atoms with E-state index in [1.165, 1.54) is 12.1 Å². The summed E-state index contributed by atoms with van der Waals surface area (Å²) in [4.78, 5) is 29.8. The number of allylic oxidation sites excluding steroid dienone is 2. The smallest absolute Gasteiger partial charge is 0.325 e. The van der Waals surface area contributed by atoms with E-state index in [1.807, 2.05) is 30.3 Å². The van der Waals surface area contributed by atoms with Crippen molar-refractivity contribution in [2.75, 3.05) is 7.11 Å². The number of H-pyrrole nitrogens is 2. The largest absolute Gasteiger partial charge is 0.496 e. The Morgan fingerprint density at radius 1 is 1.10 bits per heavy atom. The molecule has 4 rings (SSSR count). The minimum Gasteiger partial charge on any atom is -0.496 e. The Bertz CT molecular complexity index is 1200. The molecule has 0 aliphatic heterocycles. The van der Waals surface area contributed by atoms with E-state index >= 15 is 0 Å². The highest BCUT2D eigenvalue weighted by Crippen LogP contribution is 2.39. The van der Waals surface area contributed by atoms with Gasteiger partial charge in [0.15, 0.2) is 0 Å². The maximum Gasteiger partial charge on any atom is 0.325 e. The summed E-state index contributed by atoms with van der Waals surface area (Å²) in [5, 5.41) is 0. The number of rotatable bonds is 5. The lowest BCUT2D eigenvalue weighted by molar-refractivity contribution is 0.412. The fourth-order valence-corrected chi connectivity index (χ4v) is 4.13. The van der Waals surface area contributed by atoms with Crippen molar-refractivity contribution in [3.63, 3.8) is 0 Å². The van der Waals surface area contributed by atoms with Crippen LogP contribution in [0.4, 0.5) is 4.39 Å². The van der Waals surface area contributed by atoms with Crippen LogP contribution in [0.5, 0.6) is 5.75 Å². The highest BCUT2D eigenvalue weighted by molar-refractivity contribution is 5.71. The fourth-order valence-electron chi connectivity index (χ4n) is 4.13. The zero-order chi connectivity index (χ0) is 21.1. The second-order valence-electron chi connectivity index (χ2n) is 7.51. The van der Waals surface area contributed by atoms with Crippen molar-refractivity contribution in [3.8, 4) is 5.75 Å². The minimum atomic E-state index is -0.492. The number of hydrogen-bond donors (Lipinski definition) is 2. The van der Waals surface area contributed by atoms with Crippen molar-refractivity contribution in [1.82, 2.24) is 9.97 Å². The average molecular weight is 406 g/mol. The number of methoxy groups -OCH3 is 1. The molecule has 6 heteroatoms. The van der Waals surface area contributed by atoms with E-state index in [1.54, 1.807) is 13.2 Å². The van der Waals surface area contributed by atoms with Gasteiger partial charge in [-0.25, -0.2) is 9.18 Å². The maximum atomic E-state index is 13.8. The van der Waals surface area contributed by atoms with Gasteiger partial charge in [0.05, 0.1) is 7.11 Å². The van der Waals surface area contributed by atoms with Crippen molar-refractivity contribution in [2.24, 2.45) is 0 Å². The molecule has 0 bridgehead atoms. The van der Waals surface area contributed by atoms with Gasteiger partial charge in [-0.1, -0.05) is 36.4 Å². The number of aromatic amines is 2. The second kappa shape index (κ2) is 8.53. The Morgan fingerprint density at radius 3 is 2.60 bits per heavy atom. The summed E-state index contributed by atoms with van der Waals surface area (Å²) in [6.45, 7) is 0. The van der Waals surface area contributed by atoms with E-state index in [0.29, 0.717) is 36.3 Å². The Kier molecular flexibility index (Phi) is 5.65. The van der Waals surface area contributed by atoms with E-state index < -0.39 is 5.69 Å². The third-order valence-corrected chi connectivity index (χ3v) is 5.62. The highest BCUT2D eigenvalue weighted by atomic mass is 19.1. The summed E-state index contributed by atoms with van der Waals surface area (Å²) in [6.07, 6.45) is 4.59. The monoisotopic (exact) mass is 406 g/mol. The molecule has 5 nitrogen and oxygen atoms in total. The van der Waals surface area contributed by atoms with Gasteiger partial charge in [-0.2, -0.15) is 0 Å². The Balaban J connectivity index is 1.66. The molecule has 1 aromatic heterocycles. The Labute approximate surface area is 173 Å². The van der Waals surface area contributed by atoms with Crippen LogP contribution in [-0.4, -0.2) is 17.1 Å². The van der Waals surface area contributed by atoms with Crippen LogP contribution in [0.25, 0.3) is 5.57 Å². The first-order chi connectivity index (χ1) is 14.5. The van der Waals surface area contributed by atoms with Crippen molar-refractivity contribution < 1.29 is 9.13 Å². The lowest BCUT2D eigenvalue weighted by Gasteiger charge is -2.24. The molecule has 0 spiro atoms. The van der Waals surface area contributed by atoms with Gasteiger partial charge >= 0.3 is 5.69 Å². The highest BCUT2D eigenvalue weighted by Gasteiger charge is 2.24. The molecule has 0 saturated carbocycles. The van der Waals surface area contributed by atoms with Crippen molar-refractivity contribution in [3.05, 3.63) is 104 Å². The molecule has 1 heterocycles. The molecular weight excluding hydrogens is 383 g/mol. The third kappa shape index (κ3) is 4.13. The maximum absolute atomic E-state index is 13.8. The van der Waals surface area contributed by atoms with Gasteiger partial charge < -0.3 is 9.72 Å². The molecule has 154 valence electrons. The summed E-state index contributed by atoms with van der Waals surface area (Å²) in [5.41, 5.74) is 3.21. The molecule has 1 atom stereocenters. The van der Waals surface area contributed by atoms with E-state index in [2.05, 4.69) is 16.0 Å². The molecule has 0 saturated heterocycles. The Hall–Kier alpha value is -3.41. The summed E-state index contributed by atoms with van der Waals surface area (Å²) in [6, 6.07) is 14.2. The predicted molar refractivity (Wildman–Crippen MR) is 114 cm³/mol. The molecule has 1 unspecified atom stereocenters. The van der Waals surface area contributed by atoms with Gasteiger partial charge in [0, 0.05) is 29.2 Å². The van der Waals surface area contributed by atoms with Crippen LogP contribution in [-0.2, 0) is 6.42 Å². The van der Waals surface area contributed by atoms with Gasteiger partial charge in [-0.15, -0.1) is 0 Å². The summed E-state index contributed by atoms with van der Waals surface area (Å²) in [7, 11) is 1.57. The SMILES string of the molecule is COc1ccc(F)cc1C1=CCC(c2[nH]c(=O)[nH]c(=O)c2Cc2ccccc2)CC1. The van der Waals surface area contributed by atoms with Crippen molar-refractivity contribution in [1.29, 1.82) is 0 Å². The van der Waals surface area contributed by atoms with Crippen molar-refractivity contribution >= 4 is 5.57 Å². The fraction of sp³-hybridized carbons (Fsp3) is 0.250. The van der Waals surface area contributed by atoms with Crippen LogP contribution in [0.2, 0.25) is 0 Å². The molecule has 2 N–H and O–H groups in total. The molecular formula is C24H23FN2O3. The Morgan fingerprint density at radius 2 is 1.90 bits per heavy atom. The van der Waals surface area contributed by atoms with E-state index in [0.717, 1.165) is 23.1 Å². The van der Waals surface area contributed by atoms with Crippen LogP contribution in [0.1, 0.15) is 47.6 Å². The van der Waals surface area contributed by atoms with Gasteiger partial charge in [-0.3, -0.25) is 9.78 Å². The van der Waals surface area contributed by atoms with Crippen LogP contribution in [0.15, 0.2) is 64.2 Å². The van der Waals surface area contributed by atoms with E-state index in [-0.39, 0.29) is 17.3 Å². The van der Waals surface area contributed by atoms with Crippen LogP contribution < -0.4 is 16.0 Å². The van der Waals surface area contributed by atoms with Gasteiger partial charge in [0.1, 0.15) is 11.6 Å². The predicted octanol–water partition coefficient (Wildman–Crippen LogP) is 4.15.